The number of ether oxygens (including phenoxy) is 1. The summed E-state index contributed by atoms with van der Waals surface area (Å²) in [6.07, 6.45) is 1.46. The molecule has 0 atom stereocenters. The standard InChI is InChI=1S/C18H9ClN2O5S/c19-13-8-10(21(23)24)3-5-12(13)15-6-4-11(25-15)9-14-18(22)26-17(20-14)16-2-1-7-27-16/h1-9H/b14-9-. The third-order valence-electron chi connectivity index (χ3n) is 3.69. The normalized spacial score (nSPS) is 15.1. The molecule has 134 valence electrons. The first-order valence-electron chi connectivity index (χ1n) is 7.62. The van der Waals surface area contributed by atoms with Gasteiger partial charge in [-0.15, -0.1) is 11.3 Å². The largest absolute Gasteiger partial charge is 0.457 e. The number of hydrogen-bond acceptors (Lipinski definition) is 7. The molecule has 2 aromatic heterocycles. The second-order valence-corrected chi connectivity index (χ2v) is 6.79. The van der Waals surface area contributed by atoms with Gasteiger partial charge in [-0.05, 0) is 29.6 Å². The van der Waals surface area contributed by atoms with Crippen LogP contribution >= 0.6 is 22.9 Å². The van der Waals surface area contributed by atoms with E-state index in [1.165, 1.54) is 35.6 Å². The van der Waals surface area contributed by atoms with Gasteiger partial charge in [-0.3, -0.25) is 10.1 Å². The number of nitro benzene ring substituents is 1. The Morgan fingerprint density at radius 3 is 2.78 bits per heavy atom. The van der Waals surface area contributed by atoms with Crippen molar-refractivity contribution >= 4 is 46.6 Å². The summed E-state index contributed by atoms with van der Waals surface area (Å²) in [6.45, 7) is 0. The number of thiophene rings is 1. The molecule has 7 nitrogen and oxygen atoms in total. The van der Waals surface area contributed by atoms with Crippen LogP contribution in [0.15, 0.2) is 63.0 Å². The van der Waals surface area contributed by atoms with Gasteiger partial charge >= 0.3 is 5.97 Å². The van der Waals surface area contributed by atoms with Gasteiger partial charge in [0.15, 0.2) is 5.70 Å². The molecule has 27 heavy (non-hydrogen) atoms. The fraction of sp³-hybridized carbons (Fsp3) is 0. The van der Waals surface area contributed by atoms with Crippen molar-refractivity contribution in [2.75, 3.05) is 0 Å². The second kappa shape index (κ2) is 6.82. The predicted molar refractivity (Wildman–Crippen MR) is 101 cm³/mol. The fourth-order valence-electron chi connectivity index (χ4n) is 2.44. The van der Waals surface area contributed by atoms with Crippen LogP contribution in [-0.4, -0.2) is 16.8 Å². The van der Waals surface area contributed by atoms with E-state index in [9.17, 15) is 14.9 Å². The van der Waals surface area contributed by atoms with Gasteiger partial charge < -0.3 is 9.15 Å². The third kappa shape index (κ3) is 3.40. The molecule has 0 aliphatic carbocycles. The van der Waals surface area contributed by atoms with Gasteiger partial charge in [-0.2, -0.15) is 0 Å². The highest BCUT2D eigenvalue weighted by atomic mass is 35.5. The van der Waals surface area contributed by atoms with E-state index in [0.717, 1.165) is 4.88 Å². The van der Waals surface area contributed by atoms with Crippen molar-refractivity contribution in [2.24, 2.45) is 4.99 Å². The Hall–Kier alpha value is -3.23. The van der Waals surface area contributed by atoms with Crippen LogP contribution in [0.5, 0.6) is 0 Å². The van der Waals surface area contributed by atoms with E-state index in [1.807, 2.05) is 11.4 Å². The lowest BCUT2D eigenvalue weighted by atomic mass is 10.1. The molecule has 1 aliphatic rings. The maximum Gasteiger partial charge on any atom is 0.363 e. The molecule has 0 saturated carbocycles. The van der Waals surface area contributed by atoms with Crippen LogP contribution in [0.3, 0.4) is 0 Å². The minimum Gasteiger partial charge on any atom is -0.457 e. The van der Waals surface area contributed by atoms with Gasteiger partial charge in [0, 0.05) is 23.8 Å². The van der Waals surface area contributed by atoms with Gasteiger partial charge in [0.2, 0.25) is 5.90 Å². The maximum absolute atomic E-state index is 12.0. The van der Waals surface area contributed by atoms with Crippen LogP contribution in [0.4, 0.5) is 5.69 Å². The Morgan fingerprint density at radius 2 is 2.07 bits per heavy atom. The number of nitro groups is 1. The van der Waals surface area contributed by atoms with Crippen molar-refractivity contribution in [3.8, 4) is 11.3 Å². The minimum atomic E-state index is -0.565. The monoisotopic (exact) mass is 400 g/mol. The Balaban J connectivity index is 1.63. The maximum atomic E-state index is 12.0. The van der Waals surface area contributed by atoms with E-state index in [2.05, 4.69) is 4.99 Å². The van der Waals surface area contributed by atoms with Crippen molar-refractivity contribution in [1.82, 2.24) is 0 Å². The van der Waals surface area contributed by atoms with Crippen molar-refractivity contribution in [3.63, 3.8) is 0 Å². The molecule has 0 unspecified atom stereocenters. The van der Waals surface area contributed by atoms with E-state index in [4.69, 9.17) is 20.8 Å². The van der Waals surface area contributed by atoms with Crippen LogP contribution in [0.25, 0.3) is 17.4 Å². The van der Waals surface area contributed by atoms with E-state index < -0.39 is 10.9 Å². The van der Waals surface area contributed by atoms with E-state index >= 15 is 0 Å². The number of rotatable bonds is 4. The first-order chi connectivity index (χ1) is 13.0. The molecule has 0 spiro atoms. The van der Waals surface area contributed by atoms with Gasteiger partial charge in [0.25, 0.3) is 5.69 Å². The number of benzene rings is 1. The predicted octanol–water partition coefficient (Wildman–Crippen LogP) is 4.91. The molecule has 0 amide bonds. The Kier molecular flexibility index (Phi) is 4.35. The molecule has 3 aromatic rings. The van der Waals surface area contributed by atoms with Gasteiger partial charge in [0.05, 0.1) is 14.8 Å². The van der Waals surface area contributed by atoms with Crippen molar-refractivity contribution in [2.45, 2.75) is 0 Å². The highest BCUT2D eigenvalue weighted by Gasteiger charge is 2.25. The van der Waals surface area contributed by atoms with Crippen LogP contribution in [0.2, 0.25) is 5.02 Å². The first kappa shape index (κ1) is 17.2. The molecule has 4 rings (SSSR count). The van der Waals surface area contributed by atoms with Crippen LogP contribution in [0.1, 0.15) is 10.6 Å². The second-order valence-electron chi connectivity index (χ2n) is 5.44. The Morgan fingerprint density at radius 1 is 1.22 bits per heavy atom. The zero-order valence-corrected chi connectivity index (χ0v) is 15.0. The summed E-state index contributed by atoms with van der Waals surface area (Å²) in [5, 5.41) is 12.9. The number of non-ortho nitro benzene ring substituents is 1. The molecule has 0 N–H and O–H groups in total. The minimum absolute atomic E-state index is 0.109. The number of carbonyl (C=O) groups excluding carboxylic acids is 1. The smallest absolute Gasteiger partial charge is 0.363 e. The lowest BCUT2D eigenvalue weighted by Gasteiger charge is -2.00. The van der Waals surface area contributed by atoms with Crippen molar-refractivity contribution in [1.29, 1.82) is 0 Å². The molecule has 0 fully saturated rings. The van der Waals surface area contributed by atoms with Gasteiger partial charge in [-0.25, -0.2) is 9.79 Å². The summed E-state index contributed by atoms with van der Waals surface area (Å²) in [4.78, 5) is 27.2. The van der Waals surface area contributed by atoms with Crippen molar-refractivity contribution < 1.29 is 18.9 Å². The quantitative estimate of drug-likeness (QED) is 0.268. The summed E-state index contributed by atoms with van der Waals surface area (Å²) in [6, 6.07) is 11.0. The van der Waals surface area contributed by atoms with Crippen LogP contribution in [-0.2, 0) is 9.53 Å². The summed E-state index contributed by atoms with van der Waals surface area (Å²) in [5.74, 6) is 0.481. The molecule has 0 bridgehead atoms. The van der Waals surface area contributed by atoms with E-state index in [1.54, 1.807) is 18.2 Å². The molecule has 1 aromatic carbocycles. The Bertz CT molecular complexity index is 1110. The number of carbonyl (C=O) groups is 1. The molecule has 9 heteroatoms. The lowest BCUT2D eigenvalue weighted by molar-refractivity contribution is -0.384. The molecule has 3 heterocycles. The number of halogens is 1. The van der Waals surface area contributed by atoms with Gasteiger partial charge in [-0.1, -0.05) is 17.7 Å². The molecular weight excluding hydrogens is 392 g/mol. The number of aliphatic imine (C=N–C) groups is 1. The number of esters is 1. The van der Waals surface area contributed by atoms with Gasteiger partial charge in [0.1, 0.15) is 11.5 Å². The zero-order chi connectivity index (χ0) is 19.0. The summed E-state index contributed by atoms with van der Waals surface area (Å²) >= 11 is 7.53. The average Bonchev–Trinajstić information content (AvgIpc) is 3.37. The summed E-state index contributed by atoms with van der Waals surface area (Å²) < 4.78 is 10.8. The van der Waals surface area contributed by atoms with E-state index in [-0.39, 0.29) is 22.3 Å². The number of hydrogen-bond donors (Lipinski definition) is 0. The summed E-state index contributed by atoms with van der Waals surface area (Å²) in [5.41, 5.74) is 0.513. The topological polar surface area (TPSA) is 94.9 Å². The SMILES string of the molecule is O=C1OC(c2cccs2)=N/C1=C\c1ccc(-c2ccc([N+](=O)[O-])cc2Cl)o1. The summed E-state index contributed by atoms with van der Waals surface area (Å²) in [7, 11) is 0. The van der Waals surface area contributed by atoms with Crippen LogP contribution < -0.4 is 0 Å². The average molecular weight is 401 g/mol. The van der Waals surface area contributed by atoms with Crippen LogP contribution in [0, 0.1) is 10.1 Å². The fourth-order valence-corrected chi connectivity index (χ4v) is 3.36. The Labute approximate surface area is 161 Å². The van der Waals surface area contributed by atoms with Crippen molar-refractivity contribution in [3.05, 3.63) is 79.3 Å². The molecule has 0 radical (unpaired) electrons. The molecule has 1 aliphatic heterocycles. The third-order valence-corrected chi connectivity index (χ3v) is 4.86. The molecular formula is C18H9ClN2O5S. The first-order valence-corrected chi connectivity index (χ1v) is 8.87. The highest BCUT2D eigenvalue weighted by Crippen LogP contribution is 2.33. The zero-order valence-electron chi connectivity index (χ0n) is 13.4. The lowest BCUT2D eigenvalue weighted by Crippen LogP contribution is -2.03. The number of furan rings is 1. The molecule has 0 saturated heterocycles. The number of nitrogens with zero attached hydrogens (tertiary/aromatic N) is 2. The number of cyclic esters (lactones) is 1. The highest BCUT2D eigenvalue weighted by molar-refractivity contribution is 7.12. The van der Waals surface area contributed by atoms with E-state index in [0.29, 0.717) is 17.1 Å².